The van der Waals surface area contributed by atoms with Gasteiger partial charge < -0.3 is 24.3 Å². The fourth-order valence-electron chi connectivity index (χ4n) is 1.83. The Morgan fingerprint density at radius 1 is 1.50 bits per heavy atom. The Kier molecular flexibility index (Phi) is 5.81. The van der Waals surface area contributed by atoms with E-state index in [1.54, 1.807) is 26.2 Å². The highest BCUT2D eigenvalue weighted by Crippen LogP contribution is 2.05. The van der Waals surface area contributed by atoms with E-state index >= 15 is 0 Å². The molecule has 0 spiro atoms. The second kappa shape index (κ2) is 6.89. The van der Waals surface area contributed by atoms with Gasteiger partial charge in [0, 0.05) is 13.1 Å². The van der Waals surface area contributed by atoms with Gasteiger partial charge in [0.05, 0.1) is 24.6 Å². The summed E-state index contributed by atoms with van der Waals surface area (Å²) in [5, 5.41) is 19.4. The molecule has 0 radical (unpaired) electrons. The highest BCUT2D eigenvalue weighted by atomic mass is 16.5. The first kappa shape index (κ1) is 15.2. The fraction of sp³-hybridized carbons (Fsp3) is 0.692. The van der Waals surface area contributed by atoms with Crippen LogP contribution >= 0.6 is 0 Å². The molecular formula is C13H23NO4. The summed E-state index contributed by atoms with van der Waals surface area (Å²) < 4.78 is 10.5. The number of hydrogen-bond donors (Lipinski definition) is 2. The van der Waals surface area contributed by atoms with Gasteiger partial charge in [-0.3, -0.25) is 0 Å². The van der Waals surface area contributed by atoms with E-state index in [-0.39, 0.29) is 6.61 Å². The summed E-state index contributed by atoms with van der Waals surface area (Å²) in [6.45, 7) is 5.05. The van der Waals surface area contributed by atoms with Crippen LogP contribution in [0.15, 0.2) is 22.8 Å². The number of aliphatic hydroxyl groups is 2. The number of rotatable bonds is 8. The molecule has 5 heteroatoms. The third-order valence-electron chi connectivity index (χ3n) is 2.31. The zero-order valence-electron chi connectivity index (χ0n) is 11.3. The van der Waals surface area contributed by atoms with Gasteiger partial charge in [0.15, 0.2) is 0 Å². The molecule has 1 aromatic rings. The molecular weight excluding hydrogens is 234 g/mol. The maximum Gasteiger partial charge on any atom is 0.129 e. The smallest absolute Gasteiger partial charge is 0.129 e. The van der Waals surface area contributed by atoms with Crippen LogP contribution in [-0.2, 0) is 11.3 Å². The molecule has 1 unspecified atom stereocenters. The summed E-state index contributed by atoms with van der Waals surface area (Å²) in [7, 11) is 1.85. The van der Waals surface area contributed by atoms with Crippen LogP contribution in [0.25, 0.3) is 0 Å². The molecule has 1 heterocycles. The molecule has 0 aliphatic carbocycles. The highest BCUT2D eigenvalue weighted by Gasteiger charge is 2.17. The Morgan fingerprint density at radius 3 is 2.78 bits per heavy atom. The first-order valence-corrected chi connectivity index (χ1v) is 6.06. The van der Waals surface area contributed by atoms with Gasteiger partial charge >= 0.3 is 0 Å². The summed E-state index contributed by atoms with van der Waals surface area (Å²) in [6, 6.07) is 3.62. The molecule has 2 N–H and O–H groups in total. The lowest BCUT2D eigenvalue weighted by molar-refractivity contribution is -0.00864. The van der Waals surface area contributed by atoms with Crippen molar-refractivity contribution < 1.29 is 19.4 Å². The topological polar surface area (TPSA) is 66.1 Å². The van der Waals surface area contributed by atoms with Crippen molar-refractivity contribution in [3.05, 3.63) is 24.2 Å². The van der Waals surface area contributed by atoms with Crippen molar-refractivity contribution in [2.24, 2.45) is 0 Å². The van der Waals surface area contributed by atoms with Gasteiger partial charge in [-0.15, -0.1) is 0 Å². The minimum atomic E-state index is -0.760. The quantitative estimate of drug-likeness (QED) is 0.723. The zero-order chi connectivity index (χ0) is 13.6. The Labute approximate surface area is 108 Å². The largest absolute Gasteiger partial charge is 0.467 e. The van der Waals surface area contributed by atoms with E-state index in [1.165, 1.54) is 0 Å². The van der Waals surface area contributed by atoms with Gasteiger partial charge in [-0.1, -0.05) is 0 Å². The van der Waals surface area contributed by atoms with E-state index in [0.717, 1.165) is 5.76 Å². The molecule has 1 atom stereocenters. The van der Waals surface area contributed by atoms with E-state index in [1.807, 2.05) is 18.0 Å². The third-order valence-corrected chi connectivity index (χ3v) is 2.31. The number of nitrogens with zero attached hydrogens (tertiary/aromatic N) is 1. The van der Waals surface area contributed by atoms with Gasteiger partial charge in [-0.25, -0.2) is 0 Å². The van der Waals surface area contributed by atoms with Crippen molar-refractivity contribution in [1.82, 2.24) is 4.90 Å². The lowest BCUT2D eigenvalue weighted by Gasteiger charge is -2.27. The lowest BCUT2D eigenvalue weighted by Crippen LogP contribution is -2.41. The average molecular weight is 257 g/mol. The first-order valence-electron chi connectivity index (χ1n) is 6.06. The van der Waals surface area contributed by atoms with Crippen LogP contribution in [0.3, 0.4) is 0 Å². The number of likely N-dealkylation sites (N-methyl/N-ethyl adjacent to an activating group) is 1. The normalized spacial score (nSPS) is 14.1. The van der Waals surface area contributed by atoms with Gasteiger partial charge in [-0.05, 0) is 33.0 Å². The Balaban J connectivity index is 2.15. The number of furan rings is 1. The summed E-state index contributed by atoms with van der Waals surface area (Å²) in [4.78, 5) is 1.88. The van der Waals surface area contributed by atoms with E-state index in [4.69, 9.17) is 9.15 Å². The molecule has 0 saturated carbocycles. The first-order chi connectivity index (χ1) is 8.37. The van der Waals surface area contributed by atoms with Crippen molar-refractivity contribution in [1.29, 1.82) is 0 Å². The minimum Gasteiger partial charge on any atom is -0.467 e. The van der Waals surface area contributed by atoms with E-state index in [9.17, 15) is 10.2 Å². The van der Waals surface area contributed by atoms with Crippen molar-refractivity contribution in [2.45, 2.75) is 32.2 Å². The molecule has 0 saturated heterocycles. The van der Waals surface area contributed by atoms with Crippen molar-refractivity contribution >= 4 is 0 Å². The lowest BCUT2D eigenvalue weighted by atomic mass is 10.1. The van der Waals surface area contributed by atoms with E-state index in [2.05, 4.69) is 0 Å². The van der Waals surface area contributed by atoms with E-state index < -0.39 is 11.7 Å². The summed E-state index contributed by atoms with van der Waals surface area (Å²) in [6.07, 6.45) is 1.01. The Bertz CT molecular complexity index is 318. The third kappa shape index (κ3) is 6.76. The van der Waals surface area contributed by atoms with Crippen molar-refractivity contribution in [2.75, 3.05) is 26.7 Å². The van der Waals surface area contributed by atoms with Crippen LogP contribution in [0, 0.1) is 0 Å². The molecule has 104 valence electrons. The second-order valence-corrected chi connectivity index (χ2v) is 5.26. The van der Waals surface area contributed by atoms with Crippen LogP contribution in [0.4, 0.5) is 0 Å². The standard InChI is InChI=1S/C13H23NO4/c1-13(2,16)10-14(3)7-11(15)8-17-9-12-5-4-6-18-12/h4-6,11,15-16H,7-10H2,1-3H3. The Hall–Kier alpha value is -0.880. The summed E-state index contributed by atoms with van der Waals surface area (Å²) >= 11 is 0. The summed E-state index contributed by atoms with van der Waals surface area (Å²) in [5.74, 6) is 0.743. The SMILES string of the molecule is CN(CC(O)COCc1ccco1)CC(C)(C)O. The fourth-order valence-corrected chi connectivity index (χ4v) is 1.83. The van der Waals surface area contributed by atoms with Crippen molar-refractivity contribution in [3.63, 3.8) is 0 Å². The molecule has 0 bridgehead atoms. The van der Waals surface area contributed by atoms with Crippen LogP contribution in [0.1, 0.15) is 19.6 Å². The molecule has 0 aliphatic rings. The van der Waals surface area contributed by atoms with E-state index in [0.29, 0.717) is 19.7 Å². The zero-order valence-corrected chi connectivity index (χ0v) is 11.3. The number of hydrogen-bond acceptors (Lipinski definition) is 5. The number of ether oxygens (including phenoxy) is 1. The van der Waals surface area contributed by atoms with Gasteiger partial charge in [-0.2, -0.15) is 0 Å². The van der Waals surface area contributed by atoms with Crippen LogP contribution in [0.5, 0.6) is 0 Å². The van der Waals surface area contributed by atoms with Crippen LogP contribution in [0.2, 0.25) is 0 Å². The highest BCUT2D eigenvalue weighted by molar-refractivity contribution is 4.96. The molecule has 0 amide bonds. The van der Waals surface area contributed by atoms with Crippen LogP contribution < -0.4 is 0 Å². The molecule has 1 rings (SSSR count). The molecule has 0 fully saturated rings. The molecule has 1 aromatic heterocycles. The Morgan fingerprint density at radius 2 is 2.22 bits per heavy atom. The average Bonchev–Trinajstić information content (AvgIpc) is 2.66. The predicted molar refractivity (Wildman–Crippen MR) is 68.2 cm³/mol. The maximum absolute atomic E-state index is 9.77. The van der Waals surface area contributed by atoms with Gasteiger partial charge in [0.2, 0.25) is 0 Å². The monoisotopic (exact) mass is 257 g/mol. The minimum absolute atomic E-state index is 0.247. The summed E-state index contributed by atoms with van der Waals surface area (Å²) in [5.41, 5.74) is -0.760. The second-order valence-electron chi connectivity index (χ2n) is 5.26. The predicted octanol–water partition coefficient (Wildman–Crippen LogP) is 0.860. The molecule has 0 aliphatic heterocycles. The van der Waals surface area contributed by atoms with Gasteiger partial charge in [0.25, 0.3) is 0 Å². The van der Waals surface area contributed by atoms with Gasteiger partial charge in [0.1, 0.15) is 12.4 Å². The molecule has 0 aromatic carbocycles. The molecule has 5 nitrogen and oxygen atoms in total. The maximum atomic E-state index is 9.77. The van der Waals surface area contributed by atoms with Crippen LogP contribution in [-0.4, -0.2) is 53.6 Å². The molecule has 18 heavy (non-hydrogen) atoms. The number of aliphatic hydroxyl groups excluding tert-OH is 1. The van der Waals surface area contributed by atoms with Crippen molar-refractivity contribution in [3.8, 4) is 0 Å².